The van der Waals surface area contributed by atoms with Gasteiger partial charge in [-0.1, -0.05) is 0 Å². The van der Waals surface area contributed by atoms with Gasteiger partial charge in [-0.3, -0.25) is 9.59 Å². The van der Waals surface area contributed by atoms with Crippen LogP contribution in [0.3, 0.4) is 0 Å². The Morgan fingerprint density at radius 3 is 1.45 bits per heavy atom. The van der Waals surface area contributed by atoms with Gasteiger partial charge in [-0.2, -0.15) is 0 Å². The number of rotatable bonds is 8. The van der Waals surface area contributed by atoms with E-state index in [1.807, 2.05) is 0 Å². The van der Waals surface area contributed by atoms with E-state index in [1.165, 1.54) is 14.2 Å². The van der Waals surface area contributed by atoms with Gasteiger partial charge >= 0.3 is 0 Å². The fraction of sp³-hybridized carbons (Fsp3) is 0.429. The molecule has 0 spiro atoms. The van der Waals surface area contributed by atoms with E-state index in [4.69, 9.17) is 32.4 Å². The predicted octanol–water partition coefficient (Wildman–Crippen LogP) is -0.546. The molecule has 0 radical (unpaired) electrons. The Hall–Kier alpha value is -2.32. The van der Waals surface area contributed by atoms with Crippen LogP contribution in [0.5, 0.6) is 11.5 Å². The molecule has 0 fully saturated rings. The van der Waals surface area contributed by atoms with Crippen LogP contribution in [-0.2, 0) is 9.59 Å². The van der Waals surface area contributed by atoms with Crippen molar-refractivity contribution in [3.05, 3.63) is 23.3 Å². The van der Waals surface area contributed by atoms with Crippen molar-refractivity contribution in [3.8, 4) is 11.5 Å². The van der Waals surface area contributed by atoms with E-state index in [2.05, 4.69) is 0 Å². The molecule has 2 unspecified atom stereocenters. The molecule has 1 aromatic rings. The summed E-state index contributed by atoms with van der Waals surface area (Å²) in [6, 6.07) is 1.98. The molecule has 8 N–H and O–H groups in total. The van der Waals surface area contributed by atoms with Crippen LogP contribution in [-0.4, -0.2) is 26.0 Å². The maximum Gasteiger partial charge on any atom is 0.219 e. The second-order valence-corrected chi connectivity index (χ2v) is 4.89. The molecule has 0 aliphatic carbocycles. The van der Waals surface area contributed by atoms with Crippen LogP contribution in [0.25, 0.3) is 0 Å². The van der Waals surface area contributed by atoms with E-state index >= 15 is 0 Å². The van der Waals surface area contributed by atoms with Gasteiger partial charge in [0.05, 0.1) is 14.2 Å². The summed E-state index contributed by atoms with van der Waals surface area (Å²) in [5.41, 5.74) is 23.4. The highest BCUT2D eigenvalue weighted by Gasteiger charge is 2.21. The molecule has 2 atom stereocenters. The monoisotopic (exact) mass is 310 g/mol. The fourth-order valence-corrected chi connectivity index (χ4v) is 2.18. The molecule has 0 bridgehead atoms. The zero-order valence-electron chi connectivity index (χ0n) is 12.7. The Kier molecular flexibility index (Phi) is 6.14. The third kappa shape index (κ3) is 4.34. The molecule has 0 heterocycles. The van der Waals surface area contributed by atoms with Crippen molar-refractivity contribution >= 4 is 11.8 Å². The van der Waals surface area contributed by atoms with E-state index < -0.39 is 23.9 Å². The van der Waals surface area contributed by atoms with Crippen molar-refractivity contribution < 1.29 is 19.1 Å². The second kappa shape index (κ2) is 7.62. The molecule has 0 aliphatic rings. The number of benzene rings is 1. The van der Waals surface area contributed by atoms with Gasteiger partial charge < -0.3 is 32.4 Å². The average Bonchev–Trinajstić information content (AvgIpc) is 2.44. The van der Waals surface area contributed by atoms with Crippen molar-refractivity contribution in [3.63, 3.8) is 0 Å². The standard InChI is InChI=1S/C14H22N4O4/c1-21-11-3-8(10(16)6-14(18)20)12(22-2)4-7(11)9(15)5-13(17)19/h3-4,9-10H,5-6,15-16H2,1-2H3,(H2,17,19)(H2,18,20). The van der Waals surface area contributed by atoms with E-state index in [9.17, 15) is 9.59 Å². The summed E-state index contributed by atoms with van der Waals surface area (Å²) < 4.78 is 10.6. The van der Waals surface area contributed by atoms with Gasteiger partial charge in [-0.25, -0.2) is 0 Å². The highest BCUT2D eigenvalue weighted by molar-refractivity contribution is 5.75. The molecular weight excluding hydrogens is 288 g/mol. The topological polar surface area (TPSA) is 157 Å². The minimum atomic E-state index is -0.636. The maximum absolute atomic E-state index is 11.0. The first-order valence-corrected chi connectivity index (χ1v) is 6.63. The summed E-state index contributed by atoms with van der Waals surface area (Å²) in [5, 5.41) is 0. The number of ether oxygens (including phenoxy) is 2. The number of carbonyl (C=O) groups excluding carboxylic acids is 2. The fourth-order valence-electron chi connectivity index (χ4n) is 2.18. The summed E-state index contributed by atoms with van der Waals surface area (Å²) in [6.07, 6.45) is -0.0710. The zero-order chi connectivity index (χ0) is 16.9. The van der Waals surface area contributed by atoms with Crippen molar-refractivity contribution in [2.45, 2.75) is 24.9 Å². The van der Waals surface area contributed by atoms with Crippen molar-refractivity contribution in [1.82, 2.24) is 0 Å². The molecule has 122 valence electrons. The number of amides is 2. The van der Waals surface area contributed by atoms with E-state index in [0.717, 1.165) is 0 Å². The molecule has 1 rings (SSSR count). The van der Waals surface area contributed by atoms with Gasteiger partial charge in [0, 0.05) is 36.1 Å². The number of hydrogen-bond donors (Lipinski definition) is 4. The van der Waals surface area contributed by atoms with E-state index in [0.29, 0.717) is 22.6 Å². The van der Waals surface area contributed by atoms with Gasteiger partial charge in [0.15, 0.2) is 0 Å². The van der Waals surface area contributed by atoms with Crippen LogP contribution in [0.15, 0.2) is 12.1 Å². The quantitative estimate of drug-likeness (QED) is 0.504. The highest BCUT2D eigenvalue weighted by atomic mass is 16.5. The summed E-state index contributed by atoms with van der Waals surface area (Å²) in [5.74, 6) is -0.181. The van der Waals surface area contributed by atoms with Crippen LogP contribution in [0.1, 0.15) is 36.1 Å². The molecule has 8 heteroatoms. The Morgan fingerprint density at radius 1 is 0.909 bits per heavy atom. The Bertz CT molecular complexity index is 512. The molecule has 0 saturated heterocycles. The molecule has 0 aromatic heterocycles. The zero-order valence-corrected chi connectivity index (χ0v) is 12.7. The van der Waals surface area contributed by atoms with Crippen LogP contribution >= 0.6 is 0 Å². The van der Waals surface area contributed by atoms with E-state index in [-0.39, 0.29) is 12.8 Å². The van der Waals surface area contributed by atoms with Crippen molar-refractivity contribution in [2.24, 2.45) is 22.9 Å². The Labute approximate surface area is 128 Å². The molecule has 22 heavy (non-hydrogen) atoms. The average molecular weight is 310 g/mol. The lowest BCUT2D eigenvalue weighted by molar-refractivity contribution is -0.119. The van der Waals surface area contributed by atoms with Crippen molar-refractivity contribution in [2.75, 3.05) is 14.2 Å². The van der Waals surface area contributed by atoms with Crippen LogP contribution in [0.4, 0.5) is 0 Å². The van der Waals surface area contributed by atoms with E-state index in [1.54, 1.807) is 12.1 Å². The van der Waals surface area contributed by atoms with Crippen molar-refractivity contribution in [1.29, 1.82) is 0 Å². The minimum Gasteiger partial charge on any atom is -0.496 e. The smallest absolute Gasteiger partial charge is 0.219 e. The maximum atomic E-state index is 11.0. The first-order valence-electron chi connectivity index (χ1n) is 6.63. The van der Waals surface area contributed by atoms with Crippen LogP contribution in [0.2, 0.25) is 0 Å². The van der Waals surface area contributed by atoms with Crippen LogP contribution < -0.4 is 32.4 Å². The summed E-state index contributed by atoms with van der Waals surface area (Å²) >= 11 is 0. The molecular formula is C14H22N4O4. The molecule has 1 aromatic carbocycles. The molecule has 8 nitrogen and oxygen atoms in total. The van der Waals surface area contributed by atoms with Crippen LogP contribution in [0, 0.1) is 0 Å². The van der Waals surface area contributed by atoms with Gasteiger partial charge in [0.25, 0.3) is 0 Å². The second-order valence-electron chi connectivity index (χ2n) is 4.89. The number of methoxy groups -OCH3 is 2. The molecule has 0 aliphatic heterocycles. The predicted molar refractivity (Wildman–Crippen MR) is 81.0 cm³/mol. The minimum absolute atomic E-state index is 0.0355. The Morgan fingerprint density at radius 2 is 1.23 bits per heavy atom. The number of primary amides is 2. The first kappa shape index (κ1) is 17.7. The lowest BCUT2D eigenvalue weighted by atomic mass is 9.96. The summed E-state index contributed by atoms with van der Waals surface area (Å²) in [7, 11) is 2.93. The third-order valence-electron chi connectivity index (χ3n) is 3.22. The van der Waals surface area contributed by atoms with Gasteiger partial charge in [-0.05, 0) is 12.1 Å². The number of hydrogen-bond acceptors (Lipinski definition) is 6. The largest absolute Gasteiger partial charge is 0.496 e. The van der Waals surface area contributed by atoms with Gasteiger partial charge in [0.2, 0.25) is 11.8 Å². The molecule has 2 amide bonds. The van der Waals surface area contributed by atoms with Gasteiger partial charge in [0.1, 0.15) is 11.5 Å². The number of carbonyl (C=O) groups is 2. The highest BCUT2D eigenvalue weighted by Crippen LogP contribution is 2.36. The summed E-state index contributed by atoms with van der Waals surface area (Å²) in [4.78, 5) is 22.1. The third-order valence-corrected chi connectivity index (χ3v) is 3.22. The molecule has 0 saturated carbocycles. The summed E-state index contributed by atoms with van der Waals surface area (Å²) in [6.45, 7) is 0. The normalized spacial score (nSPS) is 13.3. The SMILES string of the molecule is COc1cc(C(N)CC(N)=O)c(OC)cc1C(N)CC(N)=O. The Balaban J connectivity index is 3.27. The first-order chi connectivity index (χ1) is 10.3. The lowest BCUT2D eigenvalue weighted by Gasteiger charge is -2.20. The van der Waals surface area contributed by atoms with Gasteiger partial charge in [-0.15, -0.1) is 0 Å². The number of nitrogens with two attached hydrogens (primary N) is 4. The lowest BCUT2D eigenvalue weighted by Crippen LogP contribution is -2.23.